The van der Waals surface area contributed by atoms with Crippen molar-refractivity contribution in [1.29, 1.82) is 0 Å². The molecular formula is C18H22N4O2S2. The van der Waals surface area contributed by atoms with Crippen molar-refractivity contribution in [2.45, 2.75) is 38.5 Å². The Kier molecular flexibility index (Phi) is 4.31. The second-order valence-corrected chi connectivity index (χ2v) is 7.70. The minimum absolute atomic E-state index is 0.163. The predicted octanol–water partition coefficient (Wildman–Crippen LogP) is 1.80. The van der Waals surface area contributed by atoms with Crippen LogP contribution < -0.4 is 0 Å². The molecule has 0 spiro atoms. The molecule has 6 nitrogen and oxygen atoms in total. The molecule has 2 aliphatic heterocycles. The minimum Gasteiger partial charge on any atom is -0.325 e. The number of amides is 2. The van der Waals surface area contributed by atoms with Crippen LogP contribution in [0.5, 0.6) is 0 Å². The van der Waals surface area contributed by atoms with Crippen LogP contribution in [0.3, 0.4) is 0 Å². The highest BCUT2D eigenvalue weighted by atomic mass is 32.1. The molecule has 0 N–H and O–H groups in total. The molecule has 0 aromatic heterocycles. The Morgan fingerprint density at radius 1 is 0.923 bits per heavy atom. The highest BCUT2D eigenvalue weighted by Gasteiger charge is 2.72. The van der Waals surface area contributed by atoms with E-state index in [0.717, 1.165) is 5.56 Å². The van der Waals surface area contributed by atoms with E-state index in [1.165, 1.54) is 11.8 Å². The molecule has 2 fully saturated rings. The van der Waals surface area contributed by atoms with Gasteiger partial charge in [-0.1, -0.05) is 30.3 Å². The lowest BCUT2D eigenvalue weighted by atomic mass is 9.95. The van der Waals surface area contributed by atoms with E-state index in [9.17, 15) is 9.59 Å². The topological polar surface area (TPSA) is 47.1 Å². The summed E-state index contributed by atoms with van der Waals surface area (Å²) in [5.74, 6) is -0.382. The summed E-state index contributed by atoms with van der Waals surface area (Å²) in [5.41, 5.74) is -0.884. The first kappa shape index (κ1) is 18.7. The lowest BCUT2D eigenvalue weighted by molar-refractivity contribution is -0.144. The Labute approximate surface area is 164 Å². The summed E-state index contributed by atoms with van der Waals surface area (Å²) in [6, 6.07) is 9.49. The lowest BCUT2D eigenvalue weighted by Gasteiger charge is -2.44. The lowest BCUT2D eigenvalue weighted by Crippen LogP contribution is -2.65. The molecule has 0 aliphatic carbocycles. The van der Waals surface area contributed by atoms with Gasteiger partial charge >= 0.3 is 0 Å². The molecule has 2 saturated heterocycles. The van der Waals surface area contributed by atoms with Crippen LogP contribution in [0.2, 0.25) is 0 Å². The molecule has 8 heteroatoms. The second-order valence-electron chi connectivity index (χ2n) is 6.97. The summed E-state index contributed by atoms with van der Waals surface area (Å²) in [6.45, 7) is 5.26. The summed E-state index contributed by atoms with van der Waals surface area (Å²) in [7, 11) is 3.66. The smallest absolute Gasteiger partial charge is 0.235 e. The van der Waals surface area contributed by atoms with Crippen molar-refractivity contribution in [2.75, 3.05) is 14.1 Å². The Hall–Kier alpha value is -2.06. The number of hydrogen-bond acceptors (Lipinski definition) is 4. The summed E-state index contributed by atoms with van der Waals surface area (Å²) in [4.78, 5) is 32.4. The summed E-state index contributed by atoms with van der Waals surface area (Å²) >= 11 is 11.1. The van der Waals surface area contributed by atoms with Crippen LogP contribution in [-0.4, -0.2) is 67.1 Å². The fraction of sp³-hybridized carbons (Fsp3) is 0.444. The normalized spacial score (nSPS) is 28.0. The van der Waals surface area contributed by atoms with E-state index in [0.29, 0.717) is 10.2 Å². The van der Waals surface area contributed by atoms with Crippen LogP contribution in [0.4, 0.5) is 0 Å². The van der Waals surface area contributed by atoms with Crippen LogP contribution in [0.1, 0.15) is 26.3 Å². The van der Waals surface area contributed by atoms with Crippen molar-refractivity contribution >= 4 is 46.5 Å². The van der Waals surface area contributed by atoms with Crippen LogP contribution in [0.15, 0.2) is 30.3 Å². The summed E-state index contributed by atoms with van der Waals surface area (Å²) in [5, 5.41) is 0.769. The maximum Gasteiger partial charge on any atom is 0.235 e. The first-order valence-electron chi connectivity index (χ1n) is 8.31. The van der Waals surface area contributed by atoms with E-state index in [1.54, 1.807) is 4.90 Å². The highest BCUT2D eigenvalue weighted by Crippen LogP contribution is 2.50. The Morgan fingerprint density at radius 3 is 1.92 bits per heavy atom. The molecule has 2 atom stereocenters. The maximum atomic E-state index is 13.3. The van der Waals surface area contributed by atoms with Crippen LogP contribution >= 0.6 is 24.4 Å². The van der Waals surface area contributed by atoms with Crippen molar-refractivity contribution in [2.24, 2.45) is 0 Å². The van der Waals surface area contributed by atoms with Crippen molar-refractivity contribution < 1.29 is 9.59 Å². The number of fused-ring (bicyclic) bond motifs is 1. The van der Waals surface area contributed by atoms with Gasteiger partial charge in [0.1, 0.15) is 0 Å². The number of carbonyl (C=O) groups is 2. The molecule has 2 aliphatic rings. The highest BCUT2D eigenvalue weighted by molar-refractivity contribution is 7.80. The molecule has 138 valence electrons. The van der Waals surface area contributed by atoms with Crippen LogP contribution in [0.25, 0.3) is 0 Å². The largest absolute Gasteiger partial charge is 0.325 e. The van der Waals surface area contributed by atoms with Gasteiger partial charge in [-0.05, 0) is 43.8 Å². The Balaban J connectivity index is 2.10. The number of likely N-dealkylation sites (N-methyl/N-ethyl adjacent to an activating group) is 2. The third kappa shape index (κ3) is 2.15. The Morgan fingerprint density at radius 2 is 1.42 bits per heavy atom. The predicted molar refractivity (Wildman–Crippen MR) is 107 cm³/mol. The molecule has 26 heavy (non-hydrogen) atoms. The minimum atomic E-state index is -1.03. The number of carbonyl (C=O) groups excluding carboxylic acids is 2. The van der Waals surface area contributed by atoms with E-state index in [2.05, 4.69) is 0 Å². The fourth-order valence-corrected chi connectivity index (χ4v) is 5.01. The number of rotatable bonds is 2. The van der Waals surface area contributed by atoms with Crippen molar-refractivity contribution in [1.82, 2.24) is 19.6 Å². The standard InChI is InChI=1S/C18H22N4O2S2/c1-12(23)21-15(25)19(4)17(2)18(21,3)22(16(26)20(17)5)14(24)11-13-9-7-6-8-10-13/h6-10H,11H2,1-5H3/t17-,18+/m0/s1. The van der Waals surface area contributed by atoms with Gasteiger partial charge in [-0.2, -0.15) is 0 Å². The summed E-state index contributed by atoms with van der Waals surface area (Å²) in [6.07, 6.45) is 0.197. The van der Waals surface area contributed by atoms with E-state index in [4.69, 9.17) is 24.4 Å². The van der Waals surface area contributed by atoms with E-state index in [1.807, 2.05) is 68.1 Å². The van der Waals surface area contributed by atoms with Gasteiger partial charge in [-0.25, -0.2) is 0 Å². The van der Waals surface area contributed by atoms with Gasteiger partial charge in [0.15, 0.2) is 21.6 Å². The van der Waals surface area contributed by atoms with E-state index < -0.39 is 11.3 Å². The van der Waals surface area contributed by atoms with Gasteiger partial charge in [0, 0.05) is 21.0 Å². The molecule has 2 amide bonds. The van der Waals surface area contributed by atoms with Gasteiger partial charge in [-0.3, -0.25) is 19.4 Å². The average molecular weight is 391 g/mol. The molecule has 0 bridgehead atoms. The van der Waals surface area contributed by atoms with Crippen LogP contribution in [-0.2, 0) is 16.0 Å². The maximum absolute atomic E-state index is 13.3. The zero-order valence-corrected chi connectivity index (χ0v) is 17.1. The molecule has 1 aromatic rings. The molecular weight excluding hydrogens is 368 g/mol. The number of nitrogens with zero attached hydrogens (tertiary/aromatic N) is 4. The van der Waals surface area contributed by atoms with Gasteiger partial charge < -0.3 is 9.80 Å². The number of benzene rings is 1. The quantitative estimate of drug-likeness (QED) is 0.718. The van der Waals surface area contributed by atoms with Crippen LogP contribution in [0, 0.1) is 0 Å². The van der Waals surface area contributed by atoms with E-state index in [-0.39, 0.29) is 18.2 Å². The first-order chi connectivity index (χ1) is 12.1. The van der Waals surface area contributed by atoms with Gasteiger partial charge in [-0.15, -0.1) is 0 Å². The Bertz CT molecular complexity index is 815. The molecule has 1 aromatic carbocycles. The second kappa shape index (κ2) is 5.99. The molecule has 2 heterocycles. The van der Waals surface area contributed by atoms with Gasteiger partial charge in [0.05, 0.1) is 6.42 Å². The zero-order chi connectivity index (χ0) is 19.4. The van der Waals surface area contributed by atoms with E-state index >= 15 is 0 Å². The van der Waals surface area contributed by atoms with Crippen molar-refractivity contribution in [3.8, 4) is 0 Å². The fourth-order valence-electron chi connectivity index (χ4n) is 4.07. The van der Waals surface area contributed by atoms with Crippen molar-refractivity contribution in [3.63, 3.8) is 0 Å². The molecule has 3 rings (SSSR count). The summed E-state index contributed by atoms with van der Waals surface area (Å²) < 4.78 is 0. The molecule has 0 saturated carbocycles. The number of thiocarbonyl (C=S) groups is 2. The van der Waals surface area contributed by atoms with Gasteiger partial charge in [0.2, 0.25) is 11.8 Å². The molecule has 0 unspecified atom stereocenters. The molecule has 0 radical (unpaired) electrons. The third-order valence-electron chi connectivity index (χ3n) is 5.79. The SMILES string of the molecule is CC(=O)N1C(=S)N(C)[C@@]2(C)N(C)C(=S)N(C(=O)Cc3ccccc3)[C@@]12C. The first-order valence-corrected chi connectivity index (χ1v) is 9.13. The average Bonchev–Trinajstić information content (AvgIpc) is 2.83. The monoisotopic (exact) mass is 390 g/mol. The van der Waals surface area contributed by atoms with Gasteiger partial charge in [0.25, 0.3) is 0 Å². The van der Waals surface area contributed by atoms with Crippen molar-refractivity contribution in [3.05, 3.63) is 35.9 Å². The third-order valence-corrected chi connectivity index (χ3v) is 6.71. The number of hydrogen-bond donors (Lipinski definition) is 0. The zero-order valence-electron chi connectivity index (χ0n) is 15.5.